The summed E-state index contributed by atoms with van der Waals surface area (Å²) in [6.45, 7) is 0.947. The Balaban J connectivity index is 1.73. The Hall–Kier alpha value is -1.02. The molecule has 0 saturated heterocycles. The molecule has 1 nitrogen and oxygen atoms in total. The molecule has 98 valence electrons. The predicted molar refractivity (Wildman–Crippen MR) is 80.9 cm³/mol. The third kappa shape index (κ3) is 2.94. The van der Waals surface area contributed by atoms with Crippen molar-refractivity contribution in [3.05, 3.63) is 69.2 Å². The SMILES string of the molecule is Clc1ccc(CC2Cc3ccccc3CN2)cc1Cl. The molecule has 0 fully saturated rings. The van der Waals surface area contributed by atoms with Crippen molar-refractivity contribution in [2.75, 3.05) is 0 Å². The highest BCUT2D eigenvalue weighted by Crippen LogP contribution is 2.24. The summed E-state index contributed by atoms with van der Waals surface area (Å²) in [6.07, 6.45) is 2.04. The number of hydrogen-bond donors (Lipinski definition) is 1. The van der Waals surface area contributed by atoms with Crippen LogP contribution < -0.4 is 5.32 Å². The summed E-state index contributed by atoms with van der Waals surface area (Å²) in [7, 11) is 0. The van der Waals surface area contributed by atoms with Gasteiger partial charge in [-0.1, -0.05) is 53.5 Å². The second-order valence-electron chi connectivity index (χ2n) is 5.00. The van der Waals surface area contributed by atoms with Gasteiger partial charge in [-0.25, -0.2) is 0 Å². The van der Waals surface area contributed by atoms with Crippen molar-refractivity contribution < 1.29 is 0 Å². The lowest BCUT2D eigenvalue weighted by atomic mass is 9.92. The van der Waals surface area contributed by atoms with E-state index in [1.165, 1.54) is 16.7 Å². The molecule has 0 aliphatic carbocycles. The smallest absolute Gasteiger partial charge is 0.0595 e. The first-order valence-electron chi connectivity index (χ1n) is 6.46. The molecule has 0 saturated carbocycles. The van der Waals surface area contributed by atoms with Gasteiger partial charge in [-0.05, 0) is 41.7 Å². The van der Waals surface area contributed by atoms with Crippen molar-refractivity contribution in [2.24, 2.45) is 0 Å². The molecule has 0 spiro atoms. The van der Waals surface area contributed by atoms with Crippen LogP contribution in [0, 0.1) is 0 Å². The molecule has 0 amide bonds. The largest absolute Gasteiger partial charge is 0.309 e. The van der Waals surface area contributed by atoms with Gasteiger partial charge >= 0.3 is 0 Å². The maximum Gasteiger partial charge on any atom is 0.0595 e. The molecule has 2 aromatic rings. The van der Waals surface area contributed by atoms with Crippen molar-refractivity contribution in [2.45, 2.75) is 25.4 Å². The molecule has 3 heteroatoms. The molecule has 3 rings (SSSR count). The second kappa shape index (κ2) is 5.54. The lowest BCUT2D eigenvalue weighted by molar-refractivity contribution is 0.477. The fourth-order valence-electron chi connectivity index (χ4n) is 2.62. The summed E-state index contributed by atoms with van der Waals surface area (Å²) in [5, 5.41) is 4.83. The first-order chi connectivity index (χ1) is 9.22. The molecule has 1 heterocycles. The Labute approximate surface area is 123 Å². The molecule has 0 aromatic heterocycles. The molecule has 19 heavy (non-hydrogen) atoms. The maximum absolute atomic E-state index is 6.06. The Kier molecular flexibility index (Phi) is 3.79. The van der Waals surface area contributed by atoms with Crippen molar-refractivity contribution >= 4 is 23.2 Å². The van der Waals surface area contributed by atoms with E-state index in [-0.39, 0.29) is 0 Å². The number of rotatable bonds is 2. The minimum Gasteiger partial charge on any atom is -0.309 e. The van der Waals surface area contributed by atoms with Gasteiger partial charge in [0.25, 0.3) is 0 Å². The summed E-state index contributed by atoms with van der Waals surface area (Å²) in [6, 6.07) is 15.0. The summed E-state index contributed by atoms with van der Waals surface area (Å²) >= 11 is 12.0. The standard InChI is InChI=1S/C16H15Cl2N/c17-15-6-5-11(8-16(15)18)7-14-9-12-3-1-2-4-13(12)10-19-14/h1-6,8,14,19H,7,9-10H2. The van der Waals surface area contributed by atoms with E-state index in [4.69, 9.17) is 23.2 Å². The zero-order valence-electron chi connectivity index (χ0n) is 10.5. The lowest BCUT2D eigenvalue weighted by Gasteiger charge is -2.26. The van der Waals surface area contributed by atoms with Gasteiger partial charge in [0, 0.05) is 12.6 Å². The highest BCUT2D eigenvalue weighted by molar-refractivity contribution is 6.42. The number of benzene rings is 2. The van der Waals surface area contributed by atoms with Crippen LogP contribution in [0.15, 0.2) is 42.5 Å². The quantitative estimate of drug-likeness (QED) is 0.872. The number of halogens is 2. The Morgan fingerprint density at radius 1 is 1.00 bits per heavy atom. The van der Waals surface area contributed by atoms with E-state index in [0.717, 1.165) is 19.4 Å². The summed E-state index contributed by atoms with van der Waals surface area (Å²) < 4.78 is 0. The summed E-state index contributed by atoms with van der Waals surface area (Å²) in [5.41, 5.74) is 4.09. The van der Waals surface area contributed by atoms with E-state index >= 15 is 0 Å². The van der Waals surface area contributed by atoms with Crippen molar-refractivity contribution in [3.8, 4) is 0 Å². The van der Waals surface area contributed by atoms with E-state index in [9.17, 15) is 0 Å². The summed E-state index contributed by atoms with van der Waals surface area (Å²) in [5.74, 6) is 0. The molecule has 1 N–H and O–H groups in total. The van der Waals surface area contributed by atoms with Gasteiger partial charge in [-0.15, -0.1) is 0 Å². The number of nitrogens with one attached hydrogen (secondary N) is 1. The molecular formula is C16H15Cl2N. The third-order valence-electron chi connectivity index (χ3n) is 3.63. The maximum atomic E-state index is 6.06. The second-order valence-corrected chi connectivity index (χ2v) is 5.82. The average molecular weight is 292 g/mol. The fraction of sp³-hybridized carbons (Fsp3) is 0.250. The highest BCUT2D eigenvalue weighted by atomic mass is 35.5. The van der Waals surface area contributed by atoms with Crippen molar-refractivity contribution in [1.29, 1.82) is 0 Å². The van der Waals surface area contributed by atoms with Crippen LogP contribution >= 0.6 is 23.2 Å². The van der Waals surface area contributed by atoms with E-state index in [0.29, 0.717) is 16.1 Å². The van der Waals surface area contributed by atoms with Gasteiger partial charge in [0.15, 0.2) is 0 Å². The van der Waals surface area contributed by atoms with Gasteiger partial charge in [-0.3, -0.25) is 0 Å². The van der Waals surface area contributed by atoms with Crippen molar-refractivity contribution in [3.63, 3.8) is 0 Å². The molecule has 1 aliphatic heterocycles. The molecule has 0 radical (unpaired) electrons. The molecule has 0 bridgehead atoms. The van der Waals surface area contributed by atoms with Gasteiger partial charge in [0.2, 0.25) is 0 Å². The van der Waals surface area contributed by atoms with Crippen molar-refractivity contribution in [1.82, 2.24) is 5.32 Å². The third-order valence-corrected chi connectivity index (χ3v) is 4.37. The van der Waals surface area contributed by atoms with Crippen LogP contribution in [-0.2, 0) is 19.4 Å². The average Bonchev–Trinajstić information content (AvgIpc) is 2.43. The topological polar surface area (TPSA) is 12.0 Å². The van der Waals surface area contributed by atoms with Crippen LogP contribution in [0.25, 0.3) is 0 Å². The molecule has 1 atom stereocenters. The van der Waals surface area contributed by atoms with Gasteiger partial charge in [-0.2, -0.15) is 0 Å². The normalized spacial score (nSPS) is 18.1. The van der Waals surface area contributed by atoms with Gasteiger partial charge in [0.1, 0.15) is 0 Å². The van der Waals surface area contributed by atoms with E-state index < -0.39 is 0 Å². The molecule has 2 aromatic carbocycles. The highest BCUT2D eigenvalue weighted by Gasteiger charge is 2.17. The first-order valence-corrected chi connectivity index (χ1v) is 7.22. The number of hydrogen-bond acceptors (Lipinski definition) is 1. The van der Waals surface area contributed by atoms with Gasteiger partial charge < -0.3 is 5.32 Å². The Morgan fingerprint density at radius 2 is 1.79 bits per heavy atom. The zero-order chi connectivity index (χ0) is 13.2. The monoisotopic (exact) mass is 291 g/mol. The minimum absolute atomic E-state index is 0.465. The summed E-state index contributed by atoms with van der Waals surface area (Å²) in [4.78, 5) is 0. The first kappa shape index (κ1) is 13.0. The lowest BCUT2D eigenvalue weighted by Crippen LogP contribution is -2.37. The van der Waals surface area contributed by atoms with Crippen LogP contribution in [0.1, 0.15) is 16.7 Å². The Morgan fingerprint density at radius 3 is 2.58 bits per heavy atom. The van der Waals surface area contributed by atoms with E-state index in [1.54, 1.807) is 0 Å². The minimum atomic E-state index is 0.465. The Bertz CT molecular complexity index is 595. The number of fused-ring (bicyclic) bond motifs is 1. The van der Waals surface area contributed by atoms with Crippen LogP contribution in [-0.4, -0.2) is 6.04 Å². The van der Waals surface area contributed by atoms with Crippen LogP contribution in [0.3, 0.4) is 0 Å². The van der Waals surface area contributed by atoms with Crippen LogP contribution in [0.5, 0.6) is 0 Å². The molecule has 1 aliphatic rings. The fourth-order valence-corrected chi connectivity index (χ4v) is 2.94. The van der Waals surface area contributed by atoms with Crippen LogP contribution in [0.4, 0.5) is 0 Å². The zero-order valence-corrected chi connectivity index (χ0v) is 12.0. The van der Waals surface area contributed by atoms with Gasteiger partial charge in [0.05, 0.1) is 10.0 Å². The molecule has 1 unspecified atom stereocenters. The van der Waals surface area contributed by atoms with E-state index in [2.05, 4.69) is 35.6 Å². The molecular weight excluding hydrogens is 277 g/mol. The van der Waals surface area contributed by atoms with E-state index in [1.807, 2.05) is 12.1 Å². The predicted octanol–water partition coefficient (Wildman–Crippen LogP) is 4.25. The van der Waals surface area contributed by atoms with Crippen LogP contribution in [0.2, 0.25) is 10.0 Å².